The van der Waals surface area contributed by atoms with E-state index >= 15 is 0 Å². The molecular weight excluding hydrogens is 382 g/mol. The number of primary amides is 1. The van der Waals surface area contributed by atoms with Crippen molar-refractivity contribution in [1.29, 1.82) is 0 Å². The Morgan fingerprint density at radius 2 is 2.15 bits per heavy atom. The fraction of sp³-hybridized carbons (Fsp3) is 0.556. The fourth-order valence-electron chi connectivity index (χ4n) is 3.45. The summed E-state index contributed by atoms with van der Waals surface area (Å²) in [6.45, 7) is 1.13. The van der Waals surface area contributed by atoms with Crippen molar-refractivity contribution in [2.24, 2.45) is 11.7 Å². The molecule has 0 bridgehead atoms. The van der Waals surface area contributed by atoms with E-state index in [0.29, 0.717) is 24.9 Å². The molecule has 4 rings (SSSR count). The molecule has 2 aromatic heterocycles. The van der Waals surface area contributed by atoms with E-state index in [1.807, 2.05) is 6.07 Å². The van der Waals surface area contributed by atoms with Crippen LogP contribution in [-0.2, 0) is 16.0 Å². The lowest BCUT2D eigenvalue weighted by molar-refractivity contribution is -0.132. The Morgan fingerprint density at radius 3 is 2.85 bits per heavy atom. The van der Waals surface area contributed by atoms with Crippen molar-refractivity contribution in [2.45, 2.75) is 43.3 Å². The lowest BCUT2D eigenvalue weighted by Crippen LogP contribution is -2.44. The lowest BCUT2D eigenvalue weighted by atomic mass is 9.97. The number of amides is 2. The van der Waals surface area contributed by atoms with Crippen LogP contribution < -0.4 is 5.73 Å². The first-order valence-corrected chi connectivity index (χ1v) is 11.1. The number of hydrogen-bond donors (Lipinski definition) is 1. The summed E-state index contributed by atoms with van der Waals surface area (Å²) in [5.41, 5.74) is 5.41. The number of rotatable bonds is 7. The number of aromatic nitrogens is 3. The molecule has 1 aliphatic carbocycles. The summed E-state index contributed by atoms with van der Waals surface area (Å²) in [4.78, 5) is 27.0. The zero-order valence-corrected chi connectivity index (χ0v) is 16.7. The van der Waals surface area contributed by atoms with Gasteiger partial charge < -0.3 is 15.2 Å². The van der Waals surface area contributed by atoms with E-state index in [9.17, 15) is 9.59 Å². The molecule has 1 unspecified atom stereocenters. The molecule has 1 saturated heterocycles. The molecule has 9 heteroatoms. The number of likely N-dealkylation sites (tertiary alicyclic amines) is 1. The number of carbonyl (C=O) groups excluding carboxylic acids is 2. The van der Waals surface area contributed by atoms with Crippen LogP contribution in [0.25, 0.3) is 0 Å². The fourth-order valence-corrected chi connectivity index (χ4v) is 5.08. The number of piperidine rings is 1. The van der Waals surface area contributed by atoms with Crippen molar-refractivity contribution in [3.63, 3.8) is 0 Å². The van der Waals surface area contributed by atoms with E-state index < -0.39 is 0 Å². The Morgan fingerprint density at radius 1 is 1.30 bits per heavy atom. The largest absolute Gasteiger partial charge is 0.369 e. The number of hydrogen-bond acceptors (Lipinski definition) is 6. The van der Waals surface area contributed by atoms with E-state index in [1.165, 1.54) is 16.6 Å². The first-order chi connectivity index (χ1) is 13.1. The van der Waals surface area contributed by atoms with Crippen LogP contribution in [0.1, 0.15) is 42.4 Å². The molecule has 1 aliphatic heterocycles. The van der Waals surface area contributed by atoms with Crippen LogP contribution in [0.5, 0.6) is 0 Å². The standard InChI is InChI=1S/C18H23N5O2S2/c19-17(25)12-3-1-7-22(10-12)16(24)11-27-18-21-20-15(23(18)13-5-6-13)9-14-4-2-8-26-14/h2,4,8,12-13H,1,3,5-7,9-11H2,(H2,19,25). The second-order valence-electron chi connectivity index (χ2n) is 7.13. The Bertz CT molecular complexity index is 816. The van der Waals surface area contributed by atoms with Crippen molar-refractivity contribution in [2.75, 3.05) is 18.8 Å². The van der Waals surface area contributed by atoms with Gasteiger partial charge in [-0.05, 0) is 37.1 Å². The summed E-state index contributed by atoms with van der Waals surface area (Å²) in [5, 5.41) is 11.6. The summed E-state index contributed by atoms with van der Waals surface area (Å²) >= 11 is 3.17. The molecule has 1 atom stereocenters. The van der Waals surface area contributed by atoms with Crippen molar-refractivity contribution < 1.29 is 9.59 Å². The van der Waals surface area contributed by atoms with E-state index in [2.05, 4.69) is 26.2 Å². The Kier molecular flexibility index (Phi) is 5.49. The summed E-state index contributed by atoms with van der Waals surface area (Å²) in [6.07, 6.45) is 4.66. The highest BCUT2D eigenvalue weighted by Crippen LogP contribution is 2.39. The van der Waals surface area contributed by atoms with Gasteiger partial charge in [-0.3, -0.25) is 9.59 Å². The molecule has 2 aliphatic rings. The van der Waals surface area contributed by atoms with Crippen LogP contribution in [-0.4, -0.2) is 50.3 Å². The third-order valence-electron chi connectivity index (χ3n) is 5.06. The molecule has 0 aromatic carbocycles. The maximum Gasteiger partial charge on any atom is 0.233 e. The van der Waals surface area contributed by atoms with Crippen LogP contribution in [0.15, 0.2) is 22.7 Å². The third kappa shape index (κ3) is 4.35. The van der Waals surface area contributed by atoms with Crippen LogP contribution in [0, 0.1) is 5.92 Å². The number of nitrogens with zero attached hydrogens (tertiary/aromatic N) is 4. The zero-order valence-electron chi connectivity index (χ0n) is 15.0. The van der Waals surface area contributed by atoms with Gasteiger partial charge in [0.1, 0.15) is 5.82 Å². The predicted molar refractivity (Wildman–Crippen MR) is 105 cm³/mol. The van der Waals surface area contributed by atoms with E-state index in [0.717, 1.165) is 43.1 Å². The summed E-state index contributed by atoms with van der Waals surface area (Å²) in [6, 6.07) is 4.62. The summed E-state index contributed by atoms with van der Waals surface area (Å²) in [7, 11) is 0. The molecule has 2 amide bonds. The maximum atomic E-state index is 12.6. The van der Waals surface area contributed by atoms with Gasteiger partial charge in [0.05, 0.1) is 11.7 Å². The normalized spacial score (nSPS) is 20.0. The Labute approximate surface area is 166 Å². The van der Waals surface area contributed by atoms with Crippen molar-refractivity contribution in [3.8, 4) is 0 Å². The number of thiophene rings is 1. The first-order valence-electron chi connectivity index (χ1n) is 9.28. The first kappa shape index (κ1) is 18.5. The molecule has 2 N–H and O–H groups in total. The van der Waals surface area contributed by atoms with Crippen LogP contribution >= 0.6 is 23.1 Å². The van der Waals surface area contributed by atoms with Gasteiger partial charge >= 0.3 is 0 Å². The van der Waals surface area contributed by atoms with Crippen LogP contribution in [0.3, 0.4) is 0 Å². The van der Waals surface area contributed by atoms with Gasteiger partial charge in [-0.15, -0.1) is 21.5 Å². The van der Waals surface area contributed by atoms with Crippen LogP contribution in [0.2, 0.25) is 0 Å². The van der Waals surface area contributed by atoms with E-state index in [1.54, 1.807) is 16.2 Å². The van der Waals surface area contributed by atoms with Gasteiger partial charge in [-0.25, -0.2) is 0 Å². The highest BCUT2D eigenvalue weighted by atomic mass is 32.2. The minimum atomic E-state index is -0.313. The molecule has 7 nitrogen and oxygen atoms in total. The zero-order chi connectivity index (χ0) is 18.8. The van der Waals surface area contributed by atoms with Gasteiger partial charge in [-0.1, -0.05) is 17.8 Å². The van der Waals surface area contributed by atoms with Crippen molar-refractivity contribution in [1.82, 2.24) is 19.7 Å². The molecule has 144 valence electrons. The predicted octanol–water partition coefficient (Wildman–Crippen LogP) is 2.08. The van der Waals surface area contributed by atoms with E-state index in [-0.39, 0.29) is 17.7 Å². The minimum absolute atomic E-state index is 0.0381. The topological polar surface area (TPSA) is 94.1 Å². The Hall–Kier alpha value is -1.87. The summed E-state index contributed by atoms with van der Waals surface area (Å²) in [5.74, 6) is 0.792. The molecular formula is C18H23N5O2S2. The monoisotopic (exact) mass is 405 g/mol. The van der Waals surface area contributed by atoms with Crippen molar-refractivity contribution in [3.05, 3.63) is 28.2 Å². The number of nitrogens with two attached hydrogens (primary N) is 1. The van der Waals surface area contributed by atoms with Gasteiger partial charge in [-0.2, -0.15) is 0 Å². The smallest absolute Gasteiger partial charge is 0.233 e. The van der Waals surface area contributed by atoms with Gasteiger partial charge in [0.15, 0.2) is 5.16 Å². The second-order valence-corrected chi connectivity index (χ2v) is 9.10. The van der Waals surface area contributed by atoms with Gasteiger partial charge in [0.2, 0.25) is 11.8 Å². The SMILES string of the molecule is NC(=O)C1CCCN(C(=O)CSc2nnc(Cc3cccs3)n2C2CC2)C1. The number of carbonyl (C=O) groups is 2. The average molecular weight is 406 g/mol. The molecule has 3 heterocycles. The Balaban J connectivity index is 1.40. The molecule has 2 aromatic rings. The second kappa shape index (κ2) is 8.02. The molecule has 0 spiro atoms. The third-order valence-corrected chi connectivity index (χ3v) is 6.87. The molecule has 1 saturated carbocycles. The minimum Gasteiger partial charge on any atom is -0.369 e. The van der Waals surface area contributed by atoms with Crippen LogP contribution in [0.4, 0.5) is 0 Å². The molecule has 0 radical (unpaired) electrons. The summed E-state index contributed by atoms with van der Waals surface area (Å²) < 4.78 is 2.21. The van der Waals surface area contributed by atoms with E-state index in [4.69, 9.17) is 5.73 Å². The quantitative estimate of drug-likeness (QED) is 0.712. The molecule has 27 heavy (non-hydrogen) atoms. The molecule has 2 fully saturated rings. The lowest BCUT2D eigenvalue weighted by Gasteiger charge is -2.31. The number of thioether (sulfide) groups is 1. The average Bonchev–Trinajstić information content (AvgIpc) is 3.22. The highest BCUT2D eigenvalue weighted by molar-refractivity contribution is 7.99. The maximum absolute atomic E-state index is 12.6. The van der Waals surface area contributed by atoms with Gasteiger partial charge in [0, 0.05) is 30.4 Å². The van der Waals surface area contributed by atoms with Gasteiger partial charge in [0.25, 0.3) is 0 Å². The highest BCUT2D eigenvalue weighted by Gasteiger charge is 2.31. The van der Waals surface area contributed by atoms with Crippen molar-refractivity contribution >= 4 is 34.9 Å².